The maximum absolute atomic E-state index is 12.5. The lowest BCUT2D eigenvalue weighted by molar-refractivity contribution is 0.0164. The van der Waals surface area contributed by atoms with Crippen LogP contribution in [-0.4, -0.2) is 12.1 Å². The highest BCUT2D eigenvalue weighted by molar-refractivity contribution is 5.89. The molecule has 2 aliphatic rings. The van der Waals surface area contributed by atoms with E-state index < -0.39 is 0 Å². The Morgan fingerprint density at radius 3 is 2.25 bits per heavy atom. The topological polar surface area (TPSA) is 26.3 Å². The normalized spacial score (nSPS) is 30.8. The second-order valence-corrected chi connectivity index (χ2v) is 9.48. The first-order valence-corrected chi connectivity index (χ1v) is 11.9. The molecule has 0 saturated heterocycles. The van der Waals surface area contributed by atoms with Gasteiger partial charge in [-0.3, -0.25) is 0 Å². The first-order valence-electron chi connectivity index (χ1n) is 11.9. The smallest absolute Gasteiger partial charge is 0.338 e. The maximum atomic E-state index is 12.5. The van der Waals surface area contributed by atoms with Gasteiger partial charge in [0, 0.05) is 0 Å². The van der Waals surface area contributed by atoms with Crippen molar-refractivity contribution in [3.05, 3.63) is 35.4 Å². The molecule has 3 unspecified atom stereocenters. The number of carbonyl (C=O) groups excluding carboxylic acids is 1. The Morgan fingerprint density at radius 2 is 1.64 bits per heavy atom. The van der Waals surface area contributed by atoms with Crippen LogP contribution in [-0.2, 0) is 4.74 Å². The predicted molar refractivity (Wildman–Crippen MR) is 117 cm³/mol. The number of ether oxygens (including phenoxy) is 1. The Hall–Kier alpha value is -1.31. The van der Waals surface area contributed by atoms with E-state index in [1.54, 1.807) is 0 Å². The molecule has 0 N–H and O–H groups in total. The fourth-order valence-electron chi connectivity index (χ4n) is 5.50. The summed E-state index contributed by atoms with van der Waals surface area (Å²) in [4.78, 5) is 12.5. The average Bonchev–Trinajstić information content (AvgIpc) is 2.73. The summed E-state index contributed by atoms with van der Waals surface area (Å²) in [5.41, 5.74) is 2.12. The van der Waals surface area contributed by atoms with E-state index in [2.05, 4.69) is 32.9 Å². The van der Waals surface area contributed by atoms with Gasteiger partial charge >= 0.3 is 5.97 Å². The number of carbonyl (C=O) groups is 1. The Balaban J connectivity index is 1.51. The standard InChI is InChI=1S/C26H40O2/c1-4-6-7-21-10-17-25(19(3)18-21)22-11-13-23(14-12-22)26(27)28-24-15-8-20(5-2)9-16-24/h11-14,19-21,24-25H,4-10,15-18H2,1-3H3. The van der Waals surface area contributed by atoms with Crippen molar-refractivity contribution in [2.75, 3.05) is 0 Å². The molecule has 0 amide bonds. The van der Waals surface area contributed by atoms with Gasteiger partial charge in [0.25, 0.3) is 0 Å². The van der Waals surface area contributed by atoms with Crippen molar-refractivity contribution in [3.63, 3.8) is 0 Å². The van der Waals surface area contributed by atoms with Gasteiger partial charge in [0.15, 0.2) is 0 Å². The van der Waals surface area contributed by atoms with Gasteiger partial charge in [-0.25, -0.2) is 4.79 Å². The van der Waals surface area contributed by atoms with E-state index in [4.69, 9.17) is 4.74 Å². The van der Waals surface area contributed by atoms with Gasteiger partial charge in [0.05, 0.1) is 5.56 Å². The molecule has 3 rings (SSSR count). The highest BCUT2D eigenvalue weighted by Crippen LogP contribution is 2.41. The number of unbranched alkanes of at least 4 members (excludes halogenated alkanes) is 1. The maximum Gasteiger partial charge on any atom is 0.338 e. The molecule has 0 aromatic heterocycles. The van der Waals surface area contributed by atoms with Gasteiger partial charge in [0.1, 0.15) is 6.10 Å². The molecule has 1 aromatic rings. The zero-order valence-corrected chi connectivity index (χ0v) is 18.3. The van der Waals surface area contributed by atoms with Gasteiger partial charge in [-0.2, -0.15) is 0 Å². The largest absolute Gasteiger partial charge is 0.459 e. The molecule has 0 spiro atoms. The summed E-state index contributed by atoms with van der Waals surface area (Å²) >= 11 is 0. The molecule has 28 heavy (non-hydrogen) atoms. The fourth-order valence-corrected chi connectivity index (χ4v) is 5.50. The minimum atomic E-state index is -0.136. The zero-order valence-electron chi connectivity index (χ0n) is 18.3. The number of hydrogen-bond donors (Lipinski definition) is 0. The van der Waals surface area contributed by atoms with Crippen LogP contribution in [0.1, 0.15) is 113 Å². The molecular weight excluding hydrogens is 344 g/mol. The summed E-state index contributed by atoms with van der Waals surface area (Å²) < 4.78 is 5.79. The minimum absolute atomic E-state index is 0.119. The third-order valence-electron chi connectivity index (χ3n) is 7.46. The Labute approximate surface area is 172 Å². The first-order chi connectivity index (χ1) is 13.6. The van der Waals surface area contributed by atoms with Crippen molar-refractivity contribution in [1.29, 1.82) is 0 Å². The van der Waals surface area contributed by atoms with Crippen molar-refractivity contribution in [1.82, 2.24) is 0 Å². The predicted octanol–water partition coefficient (Wildman–Crippen LogP) is 7.52. The molecule has 0 heterocycles. The first kappa shape index (κ1) is 21.4. The highest BCUT2D eigenvalue weighted by atomic mass is 16.5. The highest BCUT2D eigenvalue weighted by Gasteiger charge is 2.28. The molecule has 3 atom stereocenters. The van der Waals surface area contributed by atoms with Crippen LogP contribution < -0.4 is 0 Å². The van der Waals surface area contributed by atoms with E-state index in [0.29, 0.717) is 11.5 Å². The lowest BCUT2D eigenvalue weighted by Crippen LogP contribution is -2.24. The monoisotopic (exact) mass is 384 g/mol. The summed E-state index contributed by atoms with van der Waals surface area (Å²) in [6.45, 7) is 6.96. The second kappa shape index (κ2) is 10.5. The lowest BCUT2D eigenvalue weighted by Gasteiger charge is -2.34. The van der Waals surface area contributed by atoms with Crippen molar-refractivity contribution in [2.24, 2.45) is 17.8 Å². The van der Waals surface area contributed by atoms with Gasteiger partial charge in [0.2, 0.25) is 0 Å². The Kier molecular flexibility index (Phi) is 8.00. The Morgan fingerprint density at radius 1 is 0.964 bits per heavy atom. The Bertz CT molecular complexity index is 597. The van der Waals surface area contributed by atoms with Crippen molar-refractivity contribution >= 4 is 5.97 Å². The van der Waals surface area contributed by atoms with Crippen LogP contribution >= 0.6 is 0 Å². The summed E-state index contributed by atoms with van der Waals surface area (Å²) in [6.07, 6.45) is 13.9. The molecular formula is C26H40O2. The van der Waals surface area contributed by atoms with E-state index in [9.17, 15) is 4.79 Å². The van der Waals surface area contributed by atoms with E-state index >= 15 is 0 Å². The number of hydrogen-bond acceptors (Lipinski definition) is 2. The zero-order chi connectivity index (χ0) is 19.9. The molecule has 0 aliphatic heterocycles. The van der Waals surface area contributed by atoms with Crippen LogP contribution in [0.3, 0.4) is 0 Å². The number of rotatable bonds is 7. The number of esters is 1. The van der Waals surface area contributed by atoms with Gasteiger partial charge in [-0.1, -0.05) is 58.6 Å². The summed E-state index contributed by atoms with van der Waals surface area (Å²) in [7, 11) is 0. The average molecular weight is 385 g/mol. The van der Waals surface area contributed by atoms with Crippen LogP contribution in [0, 0.1) is 17.8 Å². The molecule has 2 saturated carbocycles. The quantitative estimate of drug-likeness (QED) is 0.454. The van der Waals surface area contributed by atoms with Gasteiger partial charge in [-0.05, 0) is 86.3 Å². The molecule has 2 aliphatic carbocycles. The fraction of sp³-hybridized carbons (Fsp3) is 0.731. The molecule has 1 aromatic carbocycles. The summed E-state index contributed by atoms with van der Waals surface area (Å²) in [5.74, 6) is 2.99. The van der Waals surface area contributed by atoms with Crippen molar-refractivity contribution < 1.29 is 9.53 Å². The van der Waals surface area contributed by atoms with Crippen LogP contribution in [0.5, 0.6) is 0 Å². The van der Waals surface area contributed by atoms with Crippen molar-refractivity contribution in [2.45, 2.75) is 103 Å². The molecule has 2 heteroatoms. The van der Waals surface area contributed by atoms with Crippen LogP contribution in [0.15, 0.2) is 24.3 Å². The third-order valence-corrected chi connectivity index (χ3v) is 7.46. The molecule has 156 valence electrons. The summed E-state index contributed by atoms with van der Waals surface area (Å²) in [6, 6.07) is 8.34. The van der Waals surface area contributed by atoms with Crippen LogP contribution in [0.4, 0.5) is 0 Å². The molecule has 0 bridgehead atoms. The van der Waals surface area contributed by atoms with E-state index in [-0.39, 0.29) is 12.1 Å². The third kappa shape index (κ3) is 5.61. The van der Waals surface area contributed by atoms with Crippen LogP contribution in [0.25, 0.3) is 0 Å². The number of benzene rings is 1. The molecule has 2 nitrogen and oxygen atoms in total. The molecule has 2 fully saturated rings. The van der Waals surface area contributed by atoms with E-state index in [0.717, 1.165) is 30.6 Å². The lowest BCUT2D eigenvalue weighted by atomic mass is 9.71. The van der Waals surface area contributed by atoms with Crippen molar-refractivity contribution in [3.8, 4) is 0 Å². The van der Waals surface area contributed by atoms with E-state index in [1.165, 1.54) is 63.4 Å². The van der Waals surface area contributed by atoms with Crippen LogP contribution in [0.2, 0.25) is 0 Å². The van der Waals surface area contributed by atoms with Gasteiger partial charge in [-0.15, -0.1) is 0 Å². The second-order valence-electron chi connectivity index (χ2n) is 9.48. The van der Waals surface area contributed by atoms with Gasteiger partial charge < -0.3 is 4.74 Å². The summed E-state index contributed by atoms with van der Waals surface area (Å²) in [5, 5.41) is 0. The minimum Gasteiger partial charge on any atom is -0.459 e. The molecule has 0 radical (unpaired) electrons. The SMILES string of the molecule is CCCCC1CCC(c2ccc(C(=O)OC3CCC(CC)CC3)cc2)C(C)C1. The van der Waals surface area contributed by atoms with E-state index in [1.807, 2.05) is 12.1 Å².